The van der Waals surface area contributed by atoms with Crippen molar-refractivity contribution in [1.29, 1.82) is 0 Å². The standard InChI is InChI=1S/C25H29FN4O4/c26-20-7-6-19(16-22(20)28-24(32)9-10-30-11-13-34-14-12-30)27-23(31)8-5-18-15-17-3-1-2-4-21(17)29-25(18)33/h1-4,6-7,16,18H,5,8-15H2,(H,27,31)(H,28,32)(H,29,33). The maximum absolute atomic E-state index is 14.2. The number of anilines is 3. The molecule has 1 unspecified atom stereocenters. The second-order valence-electron chi connectivity index (χ2n) is 8.58. The van der Waals surface area contributed by atoms with Crippen LogP contribution in [0.2, 0.25) is 0 Å². The van der Waals surface area contributed by atoms with Gasteiger partial charge in [-0.25, -0.2) is 4.39 Å². The third kappa shape index (κ3) is 6.39. The molecule has 180 valence electrons. The number of nitrogens with zero attached hydrogens (tertiary/aromatic N) is 1. The van der Waals surface area contributed by atoms with Crippen molar-refractivity contribution in [1.82, 2.24) is 4.90 Å². The summed E-state index contributed by atoms with van der Waals surface area (Å²) < 4.78 is 19.5. The predicted molar refractivity (Wildman–Crippen MR) is 127 cm³/mol. The normalized spacial score (nSPS) is 18.0. The molecule has 1 fully saturated rings. The van der Waals surface area contributed by atoms with E-state index < -0.39 is 5.82 Å². The Bertz CT molecular complexity index is 1050. The zero-order chi connectivity index (χ0) is 23.9. The van der Waals surface area contributed by atoms with Crippen molar-refractivity contribution in [2.75, 3.05) is 48.8 Å². The van der Waals surface area contributed by atoms with Crippen molar-refractivity contribution in [2.24, 2.45) is 5.92 Å². The lowest BCUT2D eigenvalue weighted by atomic mass is 9.89. The number of halogens is 1. The molecule has 0 aliphatic carbocycles. The average Bonchev–Trinajstić information content (AvgIpc) is 2.84. The number of fused-ring (bicyclic) bond motifs is 1. The number of hydrogen-bond donors (Lipinski definition) is 3. The van der Waals surface area contributed by atoms with E-state index in [1.165, 1.54) is 18.2 Å². The summed E-state index contributed by atoms with van der Waals surface area (Å²) in [6.45, 7) is 3.43. The average molecular weight is 469 g/mol. The Balaban J connectivity index is 1.26. The highest BCUT2D eigenvalue weighted by Gasteiger charge is 2.26. The first-order valence-electron chi connectivity index (χ1n) is 11.6. The molecule has 8 nitrogen and oxygen atoms in total. The molecule has 4 rings (SSSR count). The van der Waals surface area contributed by atoms with Gasteiger partial charge in [0, 0.05) is 49.8 Å². The molecule has 34 heavy (non-hydrogen) atoms. The van der Waals surface area contributed by atoms with Gasteiger partial charge in [-0.2, -0.15) is 0 Å². The first-order chi connectivity index (χ1) is 16.5. The van der Waals surface area contributed by atoms with Crippen LogP contribution in [-0.2, 0) is 25.5 Å². The van der Waals surface area contributed by atoms with Gasteiger partial charge in [-0.1, -0.05) is 18.2 Å². The molecule has 0 bridgehead atoms. The van der Waals surface area contributed by atoms with E-state index in [1.807, 2.05) is 24.3 Å². The predicted octanol–water partition coefficient (Wildman–Crippen LogP) is 3.02. The largest absolute Gasteiger partial charge is 0.379 e. The van der Waals surface area contributed by atoms with Gasteiger partial charge in [0.2, 0.25) is 17.7 Å². The number of carbonyl (C=O) groups is 3. The molecule has 3 amide bonds. The quantitative estimate of drug-likeness (QED) is 0.553. The molecule has 0 radical (unpaired) electrons. The Kier molecular flexibility index (Phi) is 7.87. The highest BCUT2D eigenvalue weighted by molar-refractivity contribution is 5.97. The van der Waals surface area contributed by atoms with E-state index in [9.17, 15) is 18.8 Å². The molecule has 9 heteroatoms. The van der Waals surface area contributed by atoms with E-state index >= 15 is 0 Å². The fraction of sp³-hybridized carbons (Fsp3) is 0.400. The second kappa shape index (κ2) is 11.2. The first-order valence-corrected chi connectivity index (χ1v) is 11.6. The Morgan fingerprint density at radius 3 is 2.65 bits per heavy atom. The van der Waals surface area contributed by atoms with E-state index in [2.05, 4.69) is 20.9 Å². The van der Waals surface area contributed by atoms with Crippen molar-refractivity contribution >= 4 is 34.8 Å². The highest BCUT2D eigenvalue weighted by Crippen LogP contribution is 2.28. The SMILES string of the molecule is O=C(CCC1Cc2ccccc2NC1=O)Nc1ccc(F)c(NC(=O)CCN2CCOCC2)c1. The lowest BCUT2D eigenvalue weighted by Gasteiger charge is -2.26. The van der Waals surface area contributed by atoms with Gasteiger partial charge in [-0.05, 0) is 42.7 Å². The minimum absolute atomic E-state index is 0.0213. The van der Waals surface area contributed by atoms with Gasteiger partial charge in [-0.3, -0.25) is 19.3 Å². The fourth-order valence-electron chi connectivity index (χ4n) is 4.17. The van der Waals surface area contributed by atoms with Crippen LogP contribution < -0.4 is 16.0 Å². The van der Waals surface area contributed by atoms with Crippen LogP contribution in [0, 0.1) is 11.7 Å². The summed E-state index contributed by atoms with van der Waals surface area (Å²) in [5, 5.41) is 8.20. The molecule has 2 aliphatic heterocycles. The monoisotopic (exact) mass is 468 g/mol. The number of rotatable bonds is 8. The summed E-state index contributed by atoms with van der Waals surface area (Å²) in [5.41, 5.74) is 2.28. The summed E-state index contributed by atoms with van der Waals surface area (Å²) in [7, 11) is 0. The molecule has 0 aromatic heterocycles. The summed E-state index contributed by atoms with van der Waals surface area (Å²) >= 11 is 0. The van der Waals surface area contributed by atoms with Crippen LogP contribution in [-0.4, -0.2) is 55.5 Å². The Morgan fingerprint density at radius 2 is 1.82 bits per heavy atom. The Morgan fingerprint density at radius 1 is 1.06 bits per heavy atom. The summed E-state index contributed by atoms with van der Waals surface area (Å²) in [6.07, 6.45) is 1.38. The van der Waals surface area contributed by atoms with Crippen LogP contribution in [0.3, 0.4) is 0 Å². The third-order valence-electron chi connectivity index (χ3n) is 6.12. The molecular formula is C25H29FN4O4. The smallest absolute Gasteiger partial charge is 0.227 e. The molecule has 1 atom stereocenters. The van der Waals surface area contributed by atoms with Gasteiger partial charge in [0.15, 0.2) is 0 Å². The number of nitrogens with one attached hydrogen (secondary N) is 3. The van der Waals surface area contributed by atoms with Crippen LogP contribution in [0.5, 0.6) is 0 Å². The maximum atomic E-state index is 14.2. The summed E-state index contributed by atoms with van der Waals surface area (Å²) in [6, 6.07) is 11.7. The second-order valence-corrected chi connectivity index (χ2v) is 8.58. The van der Waals surface area contributed by atoms with Gasteiger partial charge in [0.05, 0.1) is 18.9 Å². The zero-order valence-electron chi connectivity index (χ0n) is 18.9. The molecule has 0 spiro atoms. The molecule has 2 aromatic rings. The van der Waals surface area contributed by atoms with Crippen molar-refractivity contribution in [3.05, 3.63) is 53.8 Å². The summed E-state index contributed by atoms with van der Waals surface area (Å²) in [4.78, 5) is 39.2. The first kappa shape index (κ1) is 23.8. The van der Waals surface area contributed by atoms with Gasteiger partial charge in [0.25, 0.3) is 0 Å². The van der Waals surface area contributed by atoms with E-state index in [-0.39, 0.29) is 42.2 Å². The van der Waals surface area contributed by atoms with Gasteiger partial charge >= 0.3 is 0 Å². The molecule has 3 N–H and O–H groups in total. The van der Waals surface area contributed by atoms with E-state index in [0.717, 1.165) is 24.3 Å². The Hall–Kier alpha value is -3.30. The number of benzene rings is 2. The van der Waals surface area contributed by atoms with E-state index in [4.69, 9.17) is 4.74 Å². The van der Waals surface area contributed by atoms with Crippen molar-refractivity contribution in [3.63, 3.8) is 0 Å². The molecule has 2 heterocycles. The number of morpholine rings is 1. The molecule has 1 saturated heterocycles. The topological polar surface area (TPSA) is 99.8 Å². The van der Waals surface area contributed by atoms with E-state index in [0.29, 0.717) is 38.3 Å². The number of amides is 3. The number of hydrogen-bond acceptors (Lipinski definition) is 5. The molecule has 2 aromatic carbocycles. The third-order valence-corrected chi connectivity index (χ3v) is 6.12. The van der Waals surface area contributed by atoms with Crippen LogP contribution >= 0.6 is 0 Å². The summed E-state index contributed by atoms with van der Waals surface area (Å²) in [5.74, 6) is -1.51. The minimum Gasteiger partial charge on any atom is -0.379 e. The number of para-hydroxylation sites is 1. The van der Waals surface area contributed by atoms with Crippen LogP contribution in [0.25, 0.3) is 0 Å². The number of ether oxygens (including phenoxy) is 1. The van der Waals surface area contributed by atoms with Crippen LogP contribution in [0.4, 0.5) is 21.5 Å². The molecular weight excluding hydrogens is 439 g/mol. The van der Waals surface area contributed by atoms with Gasteiger partial charge in [-0.15, -0.1) is 0 Å². The highest BCUT2D eigenvalue weighted by atomic mass is 19.1. The fourth-order valence-corrected chi connectivity index (χ4v) is 4.17. The van der Waals surface area contributed by atoms with Crippen molar-refractivity contribution < 1.29 is 23.5 Å². The number of carbonyl (C=O) groups excluding carboxylic acids is 3. The lowest BCUT2D eigenvalue weighted by molar-refractivity contribution is -0.121. The van der Waals surface area contributed by atoms with Crippen molar-refractivity contribution in [2.45, 2.75) is 25.7 Å². The van der Waals surface area contributed by atoms with E-state index in [1.54, 1.807) is 0 Å². The van der Waals surface area contributed by atoms with Crippen LogP contribution in [0.15, 0.2) is 42.5 Å². The lowest BCUT2D eigenvalue weighted by Crippen LogP contribution is -2.38. The molecule has 0 saturated carbocycles. The zero-order valence-corrected chi connectivity index (χ0v) is 18.9. The van der Waals surface area contributed by atoms with Gasteiger partial charge < -0.3 is 20.7 Å². The van der Waals surface area contributed by atoms with Gasteiger partial charge in [0.1, 0.15) is 5.82 Å². The minimum atomic E-state index is -0.574. The maximum Gasteiger partial charge on any atom is 0.227 e. The Labute approximate surface area is 197 Å². The molecule has 2 aliphatic rings. The van der Waals surface area contributed by atoms with Crippen molar-refractivity contribution in [3.8, 4) is 0 Å². The van der Waals surface area contributed by atoms with Crippen LogP contribution in [0.1, 0.15) is 24.8 Å².